The molecule has 0 unspecified atom stereocenters. The van der Waals surface area contributed by atoms with Crippen LogP contribution in [0.25, 0.3) is 21.3 Å². The van der Waals surface area contributed by atoms with Gasteiger partial charge in [-0.3, -0.25) is 0 Å². The molecule has 112 valence electrons. The smallest absolute Gasteiger partial charge is 0.224 e. The Kier molecular flexibility index (Phi) is 3.70. The number of rotatable bonds is 2. The normalized spacial score (nSPS) is 15.4. The van der Waals surface area contributed by atoms with Gasteiger partial charge in [0.2, 0.25) is 5.28 Å². The number of morpholine rings is 1. The number of hydrogen-bond acceptors (Lipinski definition) is 5. The van der Waals surface area contributed by atoms with Gasteiger partial charge in [-0.15, -0.1) is 11.3 Å². The molecular weight excluding hydrogens is 318 g/mol. The summed E-state index contributed by atoms with van der Waals surface area (Å²) in [5, 5.41) is 2.43. The van der Waals surface area contributed by atoms with Gasteiger partial charge < -0.3 is 9.64 Å². The molecule has 0 amide bonds. The van der Waals surface area contributed by atoms with Gasteiger partial charge in [0.05, 0.1) is 23.4 Å². The van der Waals surface area contributed by atoms with Crippen molar-refractivity contribution in [2.45, 2.75) is 0 Å². The van der Waals surface area contributed by atoms with E-state index in [0.717, 1.165) is 53.5 Å². The van der Waals surface area contributed by atoms with Crippen LogP contribution >= 0.6 is 22.9 Å². The standard InChI is InChI=1S/C16H14ClN3OS/c17-16-18-13-12(11-4-2-1-3-5-11)10-22-14(13)15(19-16)20-6-8-21-9-7-20/h1-5,10H,6-9H2. The number of fused-ring (bicyclic) bond motifs is 1. The number of halogens is 1. The molecule has 0 radical (unpaired) electrons. The number of benzene rings is 1. The maximum Gasteiger partial charge on any atom is 0.224 e. The SMILES string of the molecule is Clc1nc(N2CCOCC2)c2scc(-c3ccccc3)c2n1. The Morgan fingerprint density at radius 3 is 2.64 bits per heavy atom. The van der Waals surface area contributed by atoms with Crippen molar-refractivity contribution in [2.75, 3.05) is 31.2 Å². The lowest BCUT2D eigenvalue weighted by Gasteiger charge is -2.28. The van der Waals surface area contributed by atoms with Crippen molar-refractivity contribution in [1.29, 1.82) is 0 Å². The summed E-state index contributed by atoms with van der Waals surface area (Å²) in [5.74, 6) is 0.922. The molecule has 1 saturated heterocycles. The van der Waals surface area contributed by atoms with Crippen molar-refractivity contribution in [1.82, 2.24) is 9.97 Å². The Morgan fingerprint density at radius 1 is 1.09 bits per heavy atom. The van der Waals surface area contributed by atoms with Gasteiger partial charge in [-0.2, -0.15) is 4.98 Å². The van der Waals surface area contributed by atoms with Crippen LogP contribution in [0.3, 0.4) is 0 Å². The fourth-order valence-electron chi connectivity index (χ4n) is 2.69. The molecule has 2 aromatic heterocycles. The predicted molar refractivity (Wildman–Crippen MR) is 90.9 cm³/mol. The predicted octanol–water partition coefficient (Wildman–Crippen LogP) is 3.85. The van der Waals surface area contributed by atoms with E-state index in [1.54, 1.807) is 11.3 Å². The van der Waals surface area contributed by atoms with E-state index in [9.17, 15) is 0 Å². The van der Waals surface area contributed by atoms with E-state index in [4.69, 9.17) is 16.3 Å². The number of aromatic nitrogens is 2. The van der Waals surface area contributed by atoms with Crippen LogP contribution in [0.1, 0.15) is 0 Å². The lowest BCUT2D eigenvalue weighted by Crippen LogP contribution is -2.36. The zero-order chi connectivity index (χ0) is 14.9. The van der Waals surface area contributed by atoms with E-state index < -0.39 is 0 Å². The molecule has 6 heteroatoms. The Balaban J connectivity index is 1.87. The lowest BCUT2D eigenvalue weighted by atomic mass is 10.1. The van der Waals surface area contributed by atoms with E-state index in [2.05, 4.69) is 32.4 Å². The van der Waals surface area contributed by atoms with Crippen LogP contribution in [0.4, 0.5) is 5.82 Å². The van der Waals surface area contributed by atoms with Gasteiger partial charge in [0.1, 0.15) is 0 Å². The molecule has 3 heterocycles. The van der Waals surface area contributed by atoms with Crippen LogP contribution in [-0.4, -0.2) is 36.3 Å². The highest BCUT2D eigenvalue weighted by atomic mass is 35.5. The monoisotopic (exact) mass is 331 g/mol. The molecular formula is C16H14ClN3OS. The molecule has 0 spiro atoms. The summed E-state index contributed by atoms with van der Waals surface area (Å²) in [6.07, 6.45) is 0. The van der Waals surface area contributed by atoms with Gasteiger partial charge in [-0.1, -0.05) is 30.3 Å². The molecule has 0 bridgehead atoms. The first-order valence-electron chi connectivity index (χ1n) is 7.16. The second-order valence-electron chi connectivity index (χ2n) is 5.11. The van der Waals surface area contributed by atoms with Crippen molar-refractivity contribution < 1.29 is 4.74 Å². The van der Waals surface area contributed by atoms with Gasteiger partial charge in [-0.05, 0) is 17.2 Å². The van der Waals surface area contributed by atoms with E-state index in [0.29, 0.717) is 5.28 Å². The first kappa shape index (κ1) is 13.9. The average Bonchev–Trinajstić information content (AvgIpc) is 2.99. The van der Waals surface area contributed by atoms with Crippen LogP contribution < -0.4 is 4.90 Å². The summed E-state index contributed by atoms with van der Waals surface area (Å²) >= 11 is 7.86. The van der Waals surface area contributed by atoms with Crippen LogP contribution in [0.5, 0.6) is 0 Å². The molecule has 1 aromatic carbocycles. The molecule has 0 N–H and O–H groups in total. The van der Waals surface area contributed by atoms with Gasteiger partial charge in [0.15, 0.2) is 5.82 Å². The van der Waals surface area contributed by atoms with Crippen LogP contribution in [0.2, 0.25) is 5.28 Å². The average molecular weight is 332 g/mol. The second-order valence-corrected chi connectivity index (χ2v) is 6.33. The second kappa shape index (κ2) is 5.83. The van der Waals surface area contributed by atoms with Gasteiger partial charge in [0.25, 0.3) is 0 Å². The van der Waals surface area contributed by atoms with Gasteiger partial charge >= 0.3 is 0 Å². The largest absolute Gasteiger partial charge is 0.378 e. The van der Waals surface area contributed by atoms with E-state index >= 15 is 0 Å². The number of ether oxygens (including phenoxy) is 1. The molecule has 1 aliphatic rings. The maximum atomic E-state index is 6.18. The first-order valence-corrected chi connectivity index (χ1v) is 8.41. The van der Waals surface area contributed by atoms with Crippen molar-refractivity contribution in [3.63, 3.8) is 0 Å². The Morgan fingerprint density at radius 2 is 1.86 bits per heavy atom. The highest BCUT2D eigenvalue weighted by Crippen LogP contribution is 2.38. The summed E-state index contributed by atoms with van der Waals surface area (Å²) in [7, 11) is 0. The van der Waals surface area contributed by atoms with Crippen molar-refractivity contribution in [2.24, 2.45) is 0 Å². The third-order valence-electron chi connectivity index (χ3n) is 3.77. The molecule has 0 aliphatic carbocycles. The molecule has 3 aromatic rings. The van der Waals surface area contributed by atoms with Crippen LogP contribution in [0.15, 0.2) is 35.7 Å². The fourth-order valence-corrected chi connectivity index (χ4v) is 3.88. The van der Waals surface area contributed by atoms with Crippen LogP contribution in [0, 0.1) is 0 Å². The summed E-state index contributed by atoms with van der Waals surface area (Å²) in [6, 6.07) is 10.3. The third kappa shape index (κ3) is 2.45. The zero-order valence-corrected chi connectivity index (χ0v) is 13.4. The highest BCUT2D eigenvalue weighted by molar-refractivity contribution is 7.18. The van der Waals surface area contributed by atoms with E-state index in [-0.39, 0.29) is 0 Å². The summed E-state index contributed by atoms with van der Waals surface area (Å²) in [6.45, 7) is 3.11. The molecule has 4 rings (SSSR count). The van der Waals surface area contributed by atoms with Gasteiger partial charge in [-0.25, -0.2) is 4.98 Å². The van der Waals surface area contributed by atoms with E-state index in [1.807, 2.05) is 18.2 Å². The minimum Gasteiger partial charge on any atom is -0.378 e. The zero-order valence-electron chi connectivity index (χ0n) is 11.8. The number of nitrogens with zero attached hydrogens (tertiary/aromatic N) is 3. The van der Waals surface area contributed by atoms with E-state index in [1.165, 1.54) is 0 Å². The minimum absolute atomic E-state index is 0.296. The third-order valence-corrected chi connectivity index (χ3v) is 4.90. The molecule has 22 heavy (non-hydrogen) atoms. The molecule has 0 atom stereocenters. The quantitative estimate of drug-likeness (QED) is 0.669. The minimum atomic E-state index is 0.296. The Bertz CT molecular complexity index is 800. The van der Waals surface area contributed by atoms with Gasteiger partial charge in [0, 0.05) is 24.0 Å². The Labute approximate surface area is 137 Å². The molecule has 1 fully saturated rings. The summed E-state index contributed by atoms with van der Waals surface area (Å²) in [4.78, 5) is 11.2. The summed E-state index contributed by atoms with van der Waals surface area (Å²) < 4.78 is 6.51. The first-order chi connectivity index (χ1) is 10.8. The van der Waals surface area contributed by atoms with Crippen LogP contribution in [-0.2, 0) is 4.74 Å². The van der Waals surface area contributed by atoms with Crippen molar-refractivity contribution in [3.05, 3.63) is 41.0 Å². The lowest BCUT2D eigenvalue weighted by molar-refractivity contribution is 0.122. The number of anilines is 1. The highest BCUT2D eigenvalue weighted by Gasteiger charge is 2.20. The molecule has 4 nitrogen and oxygen atoms in total. The fraction of sp³-hybridized carbons (Fsp3) is 0.250. The number of thiophene rings is 1. The maximum absolute atomic E-state index is 6.18. The topological polar surface area (TPSA) is 38.2 Å². The molecule has 0 saturated carbocycles. The van der Waals surface area contributed by atoms with Crippen molar-refractivity contribution >= 4 is 39.0 Å². The van der Waals surface area contributed by atoms with Crippen molar-refractivity contribution in [3.8, 4) is 11.1 Å². The molecule has 1 aliphatic heterocycles. The summed E-state index contributed by atoms with van der Waals surface area (Å²) in [5.41, 5.74) is 3.19. The Hall–Kier alpha value is -1.69. The number of hydrogen-bond donors (Lipinski definition) is 0.